The molecule has 2 N–H and O–H groups in total. The van der Waals surface area contributed by atoms with Crippen LogP contribution in [0.3, 0.4) is 0 Å². The van der Waals surface area contributed by atoms with Gasteiger partial charge in [-0.15, -0.1) is 0 Å². The SMILES string of the molecule is O=C(N[C@@H]1CC[C@@H](N2CCCC2)[C@@H]1O)c1cc(C2CCCCC2)no1. The van der Waals surface area contributed by atoms with Crippen molar-refractivity contribution < 1.29 is 14.4 Å². The second kappa shape index (κ2) is 7.46. The van der Waals surface area contributed by atoms with Crippen molar-refractivity contribution in [3.8, 4) is 0 Å². The Kier molecular flexibility index (Phi) is 5.08. The van der Waals surface area contributed by atoms with Crippen LogP contribution in [-0.4, -0.2) is 52.3 Å². The van der Waals surface area contributed by atoms with Gasteiger partial charge in [-0.2, -0.15) is 0 Å². The van der Waals surface area contributed by atoms with Crippen LogP contribution in [0.5, 0.6) is 0 Å². The topological polar surface area (TPSA) is 78.6 Å². The number of rotatable bonds is 4. The highest BCUT2D eigenvalue weighted by molar-refractivity contribution is 5.91. The highest BCUT2D eigenvalue weighted by atomic mass is 16.5. The number of likely N-dealkylation sites (tertiary alicyclic amines) is 1. The second-order valence-electron chi connectivity index (χ2n) is 7.91. The number of amides is 1. The zero-order chi connectivity index (χ0) is 17.2. The lowest BCUT2D eigenvalue weighted by Gasteiger charge is -2.28. The Hall–Kier alpha value is -1.40. The summed E-state index contributed by atoms with van der Waals surface area (Å²) in [6, 6.07) is 1.78. The number of aliphatic hydroxyl groups excluding tert-OH is 1. The van der Waals surface area contributed by atoms with Crippen molar-refractivity contribution in [3.05, 3.63) is 17.5 Å². The molecule has 4 rings (SSSR count). The summed E-state index contributed by atoms with van der Waals surface area (Å²) >= 11 is 0. The molecule has 3 atom stereocenters. The van der Waals surface area contributed by atoms with E-state index in [2.05, 4.69) is 15.4 Å². The van der Waals surface area contributed by atoms with Gasteiger partial charge in [0.15, 0.2) is 0 Å². The minimum Gasteiger partial charge on any atom is -0.389 e. The minimum atomic E-state index is -0.497. The second-order valence-corrected chi connectivity index (χ2v) is 7.91. The number of aromatic nitrogens is 1. The fourth-order valence-corrected chi connectivity index (χ4v) is 4.82. The zero-order valence-corrected chi connectivity index (χ0v) is 14.8. The maximum Gasteiger partial charge on any atom is 0.290 e. The first-order valence-electron chi connectivity index (χ1n) is 9.92. The lowest BCUT2D eigenvalue weighted by molar-refractivity contribution is 0.0607. The van der Waals surface area contributed by atoms with E-state index in [9.17, 15) is 9.90 Å². The Bertz CT molecular complexity index is 590. The van der Waals surface area contributed by atoms with Gasteiger partial charge in [0, 0.05) is 18.0 Å². The number of aliphatic hydroxyl groups is 1. The predicted octanol–water partition coefficient (Wildman–Crippen LogP) is 2.44. The number of hydrogen-bond donors (Lipinski definition) is 2. The Morgan fingerprint density at radius 3 is 2.64 bits per heavy atom. The molecule has 2 heterocycles. The molecule has 0 unspecified atom stereocenters. The van der Waals surface area contributed by atoms with Gasteiger partial charge in [-0.05, 0) is 51.6 Å². The number of nitrogens with zero attached hydrogens (tertiary/aromatic N) is 2. The molecule has 0 aromatic carbocycles. The van der Waals surface area contributed by atoms with E-state index in [1.54, 1.807) is 6.07 Å². The third kappa shape index (κ3) is 3.60. The van der Waals surface area contributed by atoms with E-state index >= 15 is 0 Å². The Labute approximate surface area is 148 Å². The maximum absolute atomic E-state index is 12.5. The van der Waals surface area contributed by atoms with E-state index in [0.29, 0.717) is 5.92 Å². The summed E-state index contributed by atoms with van der Waals surface area (Å²) in [4.78, 5) is 14.9. The van der Waals surface area contributed by atoms with Crippen molar-refractivity contribution in [2.75, 3.05) is 13.1 Å². The molecule has 1 aliphatic heterocycles. The number of carbonyl (C=O) groups is 1. The molecule has 6 nitrogen and oxygen atoms in total. The molecule has 2 aliphatic carbocycles. The molecule has 0 bridgehead atoms. The molecule has 1 amide bonds. The van der Waals surface area contributed by atoms with Crippen molar-refractivity contribution in [1.29, 1.82) is 0 Å². The van der Waals surface area contributed by atoms with Gasteiger partial charge in [-0.3, -0.25) is 9.69 Å². The van der Waals surface area contributed by atoms with Gasteiger partial charge in [0.2, 0.25) is 5.76 Å². The Morgan fingerprint density at radius 2 is 1.88 bits per heavy atom. The molecule has 0 spiro atoms. The van der Waals surface area contributed by atoms with Crippen LogP contribution in [0.15, 0.2) is 10.6 Å². The van der Waals surface area contributed by atoms with E-state index in [1.807, 2.05) is 0 Å². The van der Waals surface area contributed by atoms with Crippen LogP contribution < -0.4 is 5.32 Å². The first kappa shape index (κ1) is 17.0. The molecule has 1 aromatic heterocycles. The van der Waals surface area contributed by atoms with Gasteiger partial charge < -0.3 is 14.9 Å². The molecule has 25 heavy (non-hydrogen) atoms. The molecule has 3 fully saturated rings. The van der Waals surface area contributed by atoms with Crippen LogP contribution in [0.1, 0.15) is 80.0 Å². The van der Waals surface area contributed by atoms with Crippen LogP contribution >= 0.6 is 0 Å². The molecule has 6 heteroatoms. The van der Waals surface area contributed by atoms with Crippen LogP contribution in [-0.2, 0) is 0 Å². The molecule has 1 aromatic rings. The zero-order valence-electron chi connectivity index (χ0n) is 14.8. The van der Waals surface area contributed by atoms with E-state index in [1.165, 1.54) is 32.1 Å². The number of nitrogens with one attached hydrogen (secondary N) is 1. The van der Waals surface area contributed by atoms with Crippen molar-refractivity contribution in [2.24, 2.45) is 0 Å². The van der Waals surface area contributed by atoms with Gasteiger partial charge in [-0.25, -0.2) is 0 Å². The number of hydrogen-bond acceptors (Lipinski definition) is 5. The lowest BCUT2D eigenvalue weighted by Crippen LogP contribution is -2.47. The van der Waals surface area contributed by atoms with Gasteiger partial charge in [0.25, 0.3) is 5.91 Å². The quantitative estimate of drug-likeness (QED) is 0.875. The van der Waals surface area contributed by atoms with Crippen molar-refractivity contribution in [1.82, 2.24) is 15.4 Å². The third-order valence-electron chi connectivity index (χ3n) is 6.28. The standard InChI is InChI=1S/C19H29N3O3/c23-18-14(8-9-16(18)22-10-4-5-11-22)20-19(24)17-12-15(21-25-17)13-6-2-1-3-7-13/h12-14,16,18,23H,1-11H2,(H,20,24)/t14-,16-,18-/m1/s1. The van der Waals surface area contributed by atoms with Gasteiger partial charge >= 0.3 is 0 Å². The fourth-order valence-electron chi connectivity index (χ4n) is 4.82. The third-order valence-corrected chi connectivity index (χ3v) is 6.28. The normalized spacial score (nSPS) is 31.5. The van der Waals surface area contributed by atoms with Gasteiger partial charge in [0.05, 0.1) is 17.8 Å². The molecule has 2 saturated carbocycles. The average Bonchev–Trinajstić information content (AvgIpc) is 3.37. The first-order chi connectivity index (χ1) is 12.2. The smallest absolute Gasteiger partial charge is 0.290 e. The molecule has 0 radical (unpaired) electrons. The van der Waals surface area contributed by atoms with Crippen molar-refractivity contribution in [2.45, 2.75) is 81.9 Å². The Balaban J connectivity index is 1.35. The van der Waals surface area contributed by atoms with Crippen LogP contribution in [0.25, 0.3) is 0 Å². The highest BCUT2D eigenvalue weighted by Gasteiger charge is 2.40. The lowest BCUT2D eigenvalue weighted by atomic mass is 9.87. The first-order valence-corrected chi connectivity index (χ1v) is 9.92. The summed E-state index contributed by atoms with van der Waals surface area (Å²) in [5.41, 5.74) is 0.909. The monoisotopic (exact) mass is 347 g/mol. The number of carbonyl (C=O) groups excluding carboxylic acids is 1. The van der Waals surface area contributed by atoms with Crippen LogP contribution in [0, 0.1) is 0 Å². The molecular formula is C19H29N3O3. The van der Waals surface area contributed by atoms with E-state index in [4.69, 9.17) is 4.52 Å². The molecule has 3 aliphatic rings. The van der Waals surface area contributed by atoms with E-state index in [0.717, 1.165) is 44.5 Å². The largest absolute Gasteiger partial charge is 0.389 e. The van der Waals surface area contributed by atoms with E-state index in [-0.39, 0.29) is 23.8 Å². The van der Waals surface area contributed by atoms with Gasteiger partial charge in [-0.1, -0.05) is 24.4 Å². The van der Waals surface area contributed by atoms with Crippen molar-refractivity contribution in [3.63, 3.8) is 0 Å². The molecule has 1 saturated heterocycles. The summed E-state index contributed by atoms with van der Waals surface area (Å²) in [6.07, 6.45) is 9.69. The fraction of sp³-hybridized carbons (Fsp3) is 0.789. The van der Waals surface area contributed by atoms with Gasteiger partial charge in [0.1, 0.15) is 0 Å². The maximum atomic E-state index is 12.5. The summed E-state index contributed by atoms with van der Waals surface area (Å²) < 4.78 is 5.30. The summed E-state index contributed by atoms with van der Waals surface area (Å²) in [5.74, 6) is 0.453. The average molecular weight is 347 g/mol. The van der Waals surface area contributed by atoms with Crippen LogP contribution in [0.2, 0.25) is 0 Å². The van der Waals surface area contributed by atoms with E-state index < -0.39 is 6.10 Å². The van der Waals surface area contributed by atoms with Crippen molar-refractivity contribution >= 4 is 5.91 Å². The van der Waals surface area contributed by atoms with Crippen LogP contribution in [0.4, 0.5) is 0 Å². The summed E-state index contributed by atoms with van der Waals surface area (Å²) in [5, 5.41) is 17.7. The summed E-state index contributed by atoms with van der Waals surface area (Å²) in [7, 11) is 0. The highest BCUT2D eigenvalue weighted by Crippen LogP contribution is 2.32. The Morgan fingerprint density at radius 1 is 1.12 bits per heavy atom. The minimum absolute atomic E-state index is 0.181. The predicted molar refractivity (Wildman–Crippen MR) is 93.4 cm³/mol. The molecule has 138 valence electrons. The summed E-state index contributed by atoms with van der Waals surface area (Å²) in [6.45, 7) is 2.13. The molecular weight excluding hydrogens is 318 g/mol.